The molecule has 3 N–H and O–H groups in total. The maximum absolute atomic E-state index is 11.3. The van der Waals surface area contributed by atoms with E-state index < -0.39 is 5.91 Å². The summed E-state index contributed by atoms with van der Waals surface area (Å²) in [4.78, 5) is 22.0. The van der Waals surface area contributed by atoms with Gasteiger partial charge in [-0.3, -0.25) is 9.59 Å². The number of carbonyl (C=O) groups is 2. The number of carbonyl (C=O) groups excluding carboxylic acids is 2. The molecule has 0 atom stereocenters. The quantitative estimate of drug-likeness (QED) is 0.733. The van der Waals surface area contributed by atoms with Crippen LogP contribution in [0.3, 0.4) is 0 Å². The largest absolute Gasteiger partial charge is 0.366 e. The van der Waals surface area contributed by atoms with Gasteiger partial charge in [0, 0.05) is 17.7 Å². The first-order valence-electron chi connectivity index (χ1n) is 4.33. The molecule has 0 bridgehead atoms. The van der Waals surface area contributed by atoms with Gasteiger partial charge in [-0.1, -0.05) is 0 Å². The molecule has 74 valence electrons. The highest BCUT2D eigenvalue weighted by atomic mass is 16.2. The number of hydrogen-bond donors (Lipinski definition) is 2. The Hall–Kier alpha value is -1.84. The van der Waals surface area contributed by atoms with Crippen molar-refractivity contribution in [3.8, 4) is 0 Å². The SMILES string of the molecule is CCNC(=O)c1ccc(C(N)=O)cc1. The first-order chi connectivity index (χ1) is 6.65. The van der Waals surface area contributed by atoms with Crippen LogP contribution in [-0.4, -0.2) is 18.4 Å². The molecule has 0 saturated carbocycles. The lowest BCUT2D eigenvalue weighted by Crippen LogP contribution is -2.22. The topological polar surface area (TPSA) is 72.2 Å². The van der Waals surface area contributed by atoms with Crippen LogP contribution in [0.5, 0.6) is 0 Å². The summed E-state index contributed by atoms with van der Waals surface area (Å²) in [7, 11) is 0. The summed E-state index contributed by atoms with van der Waals surface area (Å²) in [5.41, 5.74) is 5.98. The van der Waals surface area contributed by atoms with E-state index in [-0.39, 0.29) is 5.91 Å². The molecule has 0 radical (unpaired) electrons. The first kappa shape index (κ1) is 10.2. The van der Waals surface area contributed by atoms with Gasteiger partial charge in [-0.05, 0) is 31.2 Å². The molecule has 14 heavy (non-hydrogen) atoms. The van der Waals surface area contributed by atoms with Gasteiger partial charge in [-0.2, -0.15) is 0 Å². The number of benzene rings is 1. The molecule has 0 aliphatic carbocycles. The zero-order valence-corrected chi connectivity index (χ0v) is 7.91. The summed E-state index contributed by atoms with van der Waals surface area (Å²) in [5.74, 6) is -0.643. The van der Waals surface area contributed by atoms with Crippen LogP contribution in [0, 0.1) is 0 Å². The highest BCUT2D eigenvalue weighted by Crippen LogP contribution is 2.03. The average molecular weight is 192 g/mol. The Morgan fingerprint density at radius 1 is 1.21 bits per heavy atom. The predicted molar refractivity (Wildman–Crippen MR) is 53.0 cm³/mol. The van der Waals surface area contributed by atoms with E-state index in [1.165, 1.54) is 12.1 Å². The molecular weight excluding hydrogens is 180 g/mol. The summed E-state index contributed by atoms with van der Waals surface area (Å²) in [6, 6.07) is 6.22. The fraction of sp³-hybridized carbons (Fsp3) is 0.200. The molecule has 1 aromatic carbocycles. The van der Waals surface area contributed by atoms with Crippen molar-refractivity contribution in [3.63, 3.8) is 0 Å². The first-order valence-corrected chi connectivity index (χ1v) is 4.33. The second-order valence-electron chi connectivity index (χ2n) is 2.80. The van der Waals surface area contributed by atoms with E-state index in [1.807, 2.05) is 6.92 Å². The van der Waals surface area contributed by atoms with Crippen LogP contribution in [0.2, 0.25) is 0 Å². The van der Waals surface area contributed by atoms with Gasteiger partial charge in [0.2, 0.25) is 5.91 Å². The molecular formula is C10H12N2O2. The van der Waals surface area contributed by atoms with Gasteiger partial charge in [0.15, 0.2) is 0 Å². The summed E-state index contributed by atoms with van der Waals surface area (Å²) in [5, 5.41) is 2.66. The van der Waals surface area contributed by atoms with Crippen molar-refractivity contribution in [2.75, 3.05) is 6.54 Å². The molecule has 1 rings (SSSR count). The lowest BCUT2D eigenvalue weighted by atomic mass is 10.1. The van der Waals surface area contributed by atoms with Gasteiger partial charge in [0.05, 0.1) is 0 Å². The second-order valence-corrected chi connectivity index (χ2v) is 2.80. The zero-order valence-electron chi connectivity index (χ0n) is 7.91. The fourth-order valence-corrected chi connectivity index (χ4v) is 1.05. The minimum atomic E-state index is -0.493. The summed E-state index contributed by atoms with van der Waals surface area (Å²) >= 11 is 0. The number of nitrogens with one attached hydrogen (secondary N) is 1. The molecule has 0 unspecified atom stereocenters. The molecule has 0 heterocycles. The Labute approximate surface area is 82.1 Å². The molecule has 4 heteroatoms. The normalized spacial score (nSPS) is 9.50. The van der Waals surface area contributed by atoms with Crippen molar-refractivity contribution in [3.05, 3.63) is 35.4 Å². The van der Waals surface area contributed by atoms with E-state index in [2.05, 4.69) is 5.32 Å². The average Bonchev–Trinajstić information content (AvgIpc) is 2.18. The van der Waals surface area contributed by atoms with Crippen LogP contribution >= 0.6 is 0 Å². The van der Waals surface area contributed by atoms with Crippen molar-refractivity contribution >= 4 is 11.8 Å². The summed E-state index contributed by atoms with van der Waals surface area (Å²) in [6.07, 6.45) is 0. The van der Waals surface area contributed by atoms with E-state index in [0.717, 1.165) is 0 Å². The number of rotatable bonds is 3. The molecule has 0 fully saturated rings. The maximum Gasteiger partial charge on any atom is 0.251 e. The third kappa shape index (κ3) is 2.32. The lowest BCUT2D eigenvalue weighted by molar-refractivity contribution is 0.0953. The second kappa shape index (κ2) is 4.41. The van der Waals surface area contributed by atoms with E-state index in [4.69, 9.17) is 5.73 Å². The minimum Gasteiger partial charge on any atom is -0.366 e. The highest BCUT2D eigenvalue weighted by Gasteiger charge is 2.04. The van der Waals surface area contributed by atoms with Gasteiger partial charge in [-0.25, -0.2) is 0 Å². The predicted octanol–water partition coefficient (Wildman–Crippen LogP) is 0.535. The standard InChI is InChI=1S/C10H12N2O2/c1-2-12-10(14)8-5-3-7(4-6-8)9(11)13/h3-6H,2H2,1H3,(H2,11,13)(H,12,14). The van der Waals surface area contributed by atoms with Gasteiger partial charge in [0.25, 0.3) is 5.91 Å². The molecule has 4 nitrogen and oxygen atoms in total. The third-order valence-electron chi connectivity index (χ3n) is 1.77. The molecule has 0 aliphatic heterocycles. The van der Waals surface area contributed by atoms with Gasteiger partial charge in [-0.15, -0.1) is 0 Å². The fourth-order valence-electron chi connectivity index (χ4n) is 1.05. The minimum absolute atomic E-state index is 0.150. The van der Waals surface area contributed by atoms with Crippen LogP contribution in [0.1, 0.15) is 27.6 Å². The van der Waals surface area contributed by atoms with E-state index in [1.54, 1.807) is 12.1 Å². The van der Waals surface area contributed by atoms with Crippen molar-refractivity contribution in [2.45, 2.75) is 6.92 Å². The van der Waals surface area contributed by atoms with Gasteiger partial charge < -0.3 is 11.1 Å². The summed E-state index contributed by atoms with van der Waals surface area (Å²) < 4.78 is 0. The number of amides is 2. The van der Waals surface area contributed by atoms with Crippen LogP contribution < -0.4 is 11.1 Å². The zero-order chi connectivity index (χ0) is 10.6. The van der Waals surface area contributed by atoms with E-state index in [0.29, 0.717) is 17.7 Å². The van der Waals surface area contributed by atoms with E-state index in [9.17, 15) is 9.59 Å². The third-order valence-corrected chi connectivity index (χ3v) is 1.77. The smallest absolute Gasteiger partial charge is 0.251 e. The molecule has 1 aromatic rings. The van der Waals surface area contributed by atoms with Crippen molar-refractivity contribution in [2.24, 2.45) is 5.73 Å². The van der Waals surface area contributed by atoms with Crippen LogP contribution in [-0.2, 0) is 0 Å². The van der Waals surface area contributed by atoms with Crippen LogP contribution in [0.4, 0.5) is 0 Å². The Bertz CT molecular complexity index is 344. The van der Waals surface area contributed by atoms with E-state index >= 15 is 0 Å². The Morgan fingerprint density at radius 3 is 2.14 bits per heavy atom. The molecule has 0 aromatic heterocycles. The number of hydrogen-bond acceptors (Lipinski definition) is 2. The molecule has 0 saturated heterocycles. The Morgan fingerprint density at radius 2 is 1.71 bits per heavy atom. The van der Waals surface area contributed by atoms with Gasteiger partial charge in [0.1, 0.15) is 0 Å². The Kier molecular flexibility index (Phi) is 3.23. The van der Waals surface area contributed by atoms with Crippen molar-refractivity contribution in [1.29, 1.82) is 0 Å². The number of nitrogens with two attached hydrogens (primary N) is 1. The summed E-state index contributed by atoms with van der Waals surface area (Å²) in [6.45, 7) is 2.42. The highest BCUT2D eigenvalue weighted by molar-refractivity contribution is 5.97. The monoisotopic (exact) mass is 192 g/mol. The Balaban J connectivity index is 2.83. The van der Waals surface area contributed by atoms with Crippen molar-refractivity contribution in [1.82, 2.24) is 5.32 Å². The van der Waals surface area contributed by atoms with Gasteiger partial charge >= 0.3 is 0 Å². The number of primary amides is 1. The van der Waals surface area contributed by atoms with Crippen molar-refractivity contribution < 1.29 is 9.59 Å². The molecule has 2 amide bonds. The maximum atomic E-state index is 11.3. The molecule has 0 aliphatic rings. The molecule has 0 spiro atoms. The van der Waals surface area contributed by atoms with Crippen LogP contribution in [0.25, 0.3) is 0 Å². The lowest BCUT2D eigenvalue weighted by Gasteiger charge is -2.02. The van der Waals surface area contributed by atoms with Crippen LogP contribution in [0.15, 0.2) is 24.3 Å².